The second-order valence-corrected chi connectivity index (χ2v) is 16.5. The number of hydrogen-bond donors (Lipinski definition) is 1. The first-order valence-electron chi connectivity index (χ1n) is 21.1. The number of nitrogens with zero attached hydrogens (tertiary/aromatic N) is 2. The van der Waals surface area contributed by atoms with Gasteiger partial charge in [0.25, 0.3) is 0 Å². The van der Waals surface area contributed by atoms with Crippen LogP contribution in [0.2, 0.25) is 0 Å². The number of aromatic nitrogens is 2. The fourth-order valence-corrected chi connectivity index (χ4v) is 9.86. The topological polar surface area (TPSA) is 23.0 Å². The van der Waals surface area contributed by atoms with Crippen LogP contribution in [0.5, 0.6) is 0 Å². The number of rotatable bonds is 8. The van der Waals surface area contributed by atoms with E-state index in [1.807, 2.05) is 12.1 Å². The second-order valence-electron chi connectivity index (χ2n) is 16.1. The quantitative estimate of drug-likeness (QED) is 0.152. The second kappa shape index (κ2) is 14.5. The van der Waals surface area contributed by atoms with Crippen LogP contribution in [0.4, 0.5) is 0 Å². The van der Waals surface area contributed by atoms with Crippen LogP contribution in [-0.2, 0) is 6.42 Å². The van der Waals surface area contributed by atoms with E-state index in [2.05, 4.69) is 210 Å². The Balaban J connectivity index is 1.07. The van der Waals surface area contributed by atoms with E-state index in [9.17, 15) is 0 Å². The standard InChI is InChI=1S/C57H40N2OS/c61-30-12-13-37-26-28-55-50(31-37)48-20-5-9-24-54(48)59(55)43-34-41(33-42(36-43)58-52-22-7-3-18-46(52)47-19-4-8-23-53(47)58)38-14-11-15-39(32-38)44-16-1-2-17-45(44)40-27-29-57-51(35-40)49-21-6-10-25-56(49)60-57/h1-11,14-29,31-36,61H,12-13,30H2. The van der Waals surface area contributed by atoms with Crippen molar-refractivity contribution in [3.63, 3.8) is 0 Å². The van der Waals surface area contributed by atoms with Crippen molar-refractivity contribution < 1.29 is 4.42 Å². The highest BCUT2D eigenvalue weighted by molar-refractivity contribution is 7.80. The largest absolute Gasteiger partial charge is 0.456 e. The number of aryl methyl sites for hydroxylation is 1. The third-order valence-corrected chi connectivity index (χ3v) is 12.8. The van der Waals surface area contributed by atoms with Crippen molar-refractivity contribution in [1.29, 1.82) is 0 Å². The molecule has 12 rings (SSSR count). The number of hydrogen-bond acceptors (Lipinski definition) is 2. The van der Waals surface area contributed by atoms with Gasteiger partial charge >= 0.3 is 0 Å². The molecule has 0 spiro atoms. The molecule has 0 aliphatic rings. The molecule has 4 heteroatoms. The molecule has 0 aliphatic heterocycles. The molecule has 0 saturated heterocycles. The third kappa shape index (κ3) is 5.89. The lowest BCUT2D eigenvalue weighted by molar-refractivity contribution is 0.669. The van der Waals surface area contributed by atoms with E-state index in [-0.39, 0.29) is 0 Å². The molecule has 0 bridgehead atoms. The summed E-state index contributed by atoms with van der Waals surface area (Å²) in [5.41, 5.74) is 17.2. The van der Waals surface area contributed by atoms with E-state index in [0.29, 0.717) is 0 Å². The molecule has 0 atom stereocenters. The van der Waals surface area contributed by atoms with E-state index >= 15 is 0 Å². The maximum atomic E-state index is 6.20. The molecule has 0 radical (unpaired) electrons. The van der Waals surface area contributed by atoms with Gasteiger partial charge in [-0.1, -0.05) is 127 Å². The summed E-state index contributed by atoms with van der Waals surface area (Å²) in [4.78, 5) is 0. The van der Waals surface area contributed by atoms with Crippen molar-refractivity contribution in [3.8, 4) is 44.8 Å². The maximum Gasteiger partial charge on any atom is 0.135 e. The highest BCUT2D eigenvalue weighted by atomic mass is 32.1. The summed E-state index contributed by atoms with van der Waals surface area (Å²) in [5, 5.41) is 7.29. The summed E-state index contributed by atoms with van der Waals surface area (Å²) in [6.45, 7) is 0. The highest BCUT2D eigenvalue weighted by Gasteiger charge is 2.19. The van der Waals surface area contributed by atoms with Crippen LogP contribution in [0.25, 0.3) is 110 Å². The first-order chi connectivity index (χ1) is 30.2. The Morgan fingerprint density at radius 3 is 1.57 bits per heavy atom. The van der Waals surface area contributed by atoms with E-state index in [1.165, 1.54) is 65.9 Å². The minimum atomic E-state index is 0.878. The minimum Gasteiger partial charge on any atom is -0.456 e. The van der Waals surface area contributed by atoms with Crippen LogP contribution < -0.4 is 0 Å². The fourth-order valence-electron chi connectivity index (χ4n) is 9.70. The molecule has 0 amide bonds. The average Bonchev–Trinajstić information content (AvgIpc) is 3.98. The van der Waals surface area contributed by atoms with Gasteiger partial charge in [0.15, 0.2) is 0 Å². The molecule has 3 nitrogen and oxygen atoms in total. The zero-order valence-corrected chi connectivity index (χ0v) is 34.3. The zero-order chi connectivity index (χ0) is 40.4. The molecular formula is C57H40N2OS. The summed E-state index contributed by atoms with van der Waals surface area (Å²) in [6, 6.07) is 73.2. The third-order valence-electron chi connectivity index (χ3n) is 12.5. The van der Waals surface area contributed by atoms with Crippen LogP contribution >= 0.6 is 12.6 Å². The van der Waals surface area contributed by atoms with E-state index < -0.39 is 0 Å². The number of fused-ring (bicyclic) bond motifs is 9. The van der Waals surface area contributed by atoms with Gasteiger partial charge < -0.3 is 13.6 Å². The lowest BCUT2D eigenvalue weighted by Crippen LogP contribution is -2.00. The van der Waals surface area contributed by atoms with Crippen molar-refractivity contribution in [2.75, 3.05) is 5.75 Å². The Bertz CT molecular complexity index is 3610. The monoisotopic (exact) mass is 800 g/mol. The molecule has 0 aliphatic carbocycles. The summed E-state index contributed by atoms with van der Waals surface area (Å²) in [5.74, 6) is 0.878. The predicted molar refractivity (Wildman–Crippen MR) is 261 cm³/mol. The van der Waals surface area contributed by atoms with Gasteiger partial charge in [0.1, 0.15) is 11.2 Å². The van der Waals surface area contributed by atoms with Gasteiger partial charge in [-0.25, -0.2) is 0 Å². The van der Waals surface area contributed by atoms with E-state index in [0.717, 1.165) is 68.6 Å². The molecule has 12 aromatic rings. The van der Waals surface area contributed by atoms with Gasteiger partial charge in [-0.3, -0.25) is 0 Å². The number of benzene rings is 9. The maximum absolute atomic E-state index is 6.20. The van der Waals surface area contributed by atoms with Crippen molar-refractivity contribution in [3.05, 3.63) is 206 Å². The van der Waals surface area contributed by atoms with Crippen LogP contribution in [0.1, 0.15) is 12.0 Å². The Hall–Kier alpha value is -7.27. The Kier molecular flexibility index (Phi) is 8.46. The van der Waals surface area contributed by atoms with Crippen molar-refractivity contribution >= 4 is 78.2 Å². The highest BCUT2D eigenvalue weighted by Crippen LogP contribution is 2.41. The van der Waals surface area contributed by atoms with Gasteiger partial charge in [0.05, 0.1) is 22.1 Å². The van der Waals surface area contributed by atoms with Gasteiger partial charge in [-0.05, 0) is 130 Å². The van der Waals surface area contributed by atoms with Gasteiger partial charge in [0, 0.05) is 43.7 Å². The van der Waals surface area contributed by atoms with E-state index in [1.54, 1.807) is 0 Å². The first kappa shape index (κ1) is 35.7. The van der Waals surface area contributed by atoms with Crippen LogP contribution in [0.15, 0.2) is 205 Å². The van der Waals surface area contributed by atoms with Crippen molar-refractivity contribution in [1.82, 2.24) is 9.13 Å². The van der Waals surface area contributed by atoms with Crippen molar-refractivity contribution in [2.45, 2.75) is 12.8 Å². The van der Waals surface area contributed by atoms with E-state index in [4.69, 9.17) is 4.42 Å². The zero-order valence-electron chi connectivity index (χ0n) is 33.4. The Morgan fingerprint density at radius 1 is 0.361 bits per heavy atom. The smallest absolute Gasteiger partial charge is 0.135 e. The molecule has 3 heterocycles. The molecule has 0 unspecified atom stereocenters. The Morgan fingerprint density at radius 2 is 0.902 bits per heavy atom. The number of furan rings is 1. The summed E-state index contributed by atoms with van der Waals surface area (Å²) in [6.07, 6.45) is 2.07. The van der Waals surface area contributed by atoms with Crippen LogP contribution in [0.3, 0.4) is 0 Å². The molecule has 0 N–H and O–H groups in total. The molecule has 0 fully saturated rings. The molecule has 3 aromatic heterocycles. The van der Waals surface area contributed by atoms with Crippen LogP contribution in [-0.4, -0.2) is 14.9 Å². The summed E-state index contributed by atoms with van der Waals surface area (Å²) >= 11 is 4.51. The van der Waals surface area contributed by atoms with Gasteiger partial charge in [-0.2, -0.15) is 12.6 Å². The molecule has 61 heavy (non-hydrogen) atoms. The van der Waals surface area contributed by atoms with Crippen molar-refractivity contribution in [2.24, 2.45) is 0 Å². The fraction of sp³-hybridized carbons (Fsp3) is 0.0526. The molecule has 9 aromatic carbocycles. The Labute approximate surface area is 359 Å². The molecular weight excluding hydrogens is 761 g/mol. The lowest BCUT2D eigenvalue weighted by atomic mass is 9.92. The van der Waals surface area contributed by atoms with Gasteiger partial charge in [0.2, 0.25) is 0 Å². The number of thiol groups is 1. The summed E-state index contributed by atoms with van der Waals surface area (Å²) < 4.78 is 11.1. The minimum absolute atomic E-state index is 0.878. The van der Waals surface area contributed by atoms with Crippen LogP contribution in [0, 0.1) is 0 Å². The number of para-hydroxylation sites is 4. The molecule has 290 valence electrons. The first-order valence-corrected chi connectivity index (χ1v) is 21.7. The van der Waals surface area contributed by atoms with Gasteiger partial charge in [-0.15, -0.1) is 0 Å². The average molecular weight is 801 g/mol. The SMILES string of the molecule is SCCCc1ccc2c(c1)c1ccccc1n2-c1cc(-c2cccc(-c3ccccc3-c3ccc4oc5ccccc5c4c3)c2)cc(-n2c3ccccc3c3ccccc32)c1. The lowest BCUT2D eigenvalue weighted by Gasteiger charge is -2.17. The molecule has 0 saturated carbocycles. The predicted octanol–water partition coefficient (Wildman–Crippen LogP) is 15.6. The summed E-state index contributed by atoms with van der Waals surface area (Å²) in [7, 11) is 0. The normalized spacial score (nSPS) is 11.9.